The van der Waals surface area contributed by atoms with Crippen molar-refractivity contribution in [1.82, 2.24) is 39.0 Å². The average molecular weight is 1750 g/mol. The summed E-state index contributed by atoms with van der Waals surface area (Å²) >= 11 is 9.47. The molecule has 129 heavy (non-hydrogen) atoms. The van der Waals surface area contributed by atoms with Crippen LogP contribution in [0.5, 0.6) is 0 Å². The highest BCUT2D eigenvalue weighted by Gasteiger charge is 2.24. The van der Waals surface area contributed by atoms with Gasteiger partial charge in [0.2, 0.25) is 5.28 Å². The predicted molar refractivity (Wildman–Crippen MR) is 531 cm³/mol. The molecule has 18 aromatic carbocycles. The van der Waals surface area contributed by atoms with Crippen LogP contribution in [0.2, 0.25) is 5.28 Å². The minimum absolute atomic E-state index is 0.202. The number of nitrogens with zero attached hydrogens (tertiary/aromatic N) is 8. The van der Waals surface area contributed by atoms with E-state index in [1.165, 1.54) is 71.0 Å². The topological polar surface area (TPSA) is 140 Å². The van der Waals surface area contributed by atoms with Crippen LogP contribution in [0.25, 0.3) is 211 Å². The van der Waals surface area contributed by atoms with Crippen molar-refractivity contribution < 1.29 is 17.7 Å². The first-order chi connectivity index (χ1) is 63.8. The van der Waals surface area contributed by atoms with Gasteiger partial charge in [0, 0.05) is 86.9 Å². The zero-order chi connectivity index (χ0) is 86.1. The third kappa shape index (κ3) is 15.1. The van der Waals surface area contributed by atoms with Gasteiger partial charge in [-0.25, -0.2) is 19.9 Å². The molecule has 1 aliphatic rings. The van der Waals surface area contributed by atoms with Crippen molar-refractivity contribution in [2.75, 3.05) is 0 Å². The smallest absolute Gasteiger partial charge is 0.226 e. The molecule has 0 unspecified atom stereocenters. The SMILES string of the molecule is Brc1cccc2c1oc1ccccc12.Clc1nc(-c2ccccc2)nc(-c2ccccc2)n1.c1ccc(-c2nc(-c3ccccc3)nc(-c3cccc4c3oc3c(-n5c6ccccc6c6ccccc65)cccc34)n2)cc1.c1ccc2c(c1)Cc1ccccc1-2.c1ccc2c(c1)oc1c(-n3c4ccccc4c4ccccc43)cccc12.c1ccc2c(c1)oc1ccccc12. The fraction of sp³-hybridized carbons (Fsp3) is 0.00870. The summed E-state index contributed by atoms with van der Waals surface area (Å²) in [7, 11) is 0. The summed E-state index contributed by atoms with van der Waals surface area (Å²) in [6, 6.07) is 149. The minimum Gasteiger partial charge on any atom is -0.456 e. The Morgan fingerprint density at radius 2 is 0.481 bits per heavy atom. The molecule has 0 spiro atoms. The molecule has 0 atom stereocenters. The summed E-state index contributed by atoms with van der Waals surface area (Å²) in [5.41, 5.74) is 24.2. The molecular formula is C115H74BrClN8O4. The quantitative estimate of drug-likeness (QED) is 0.151. The number of fused-ring (bicyclic) bond motifs is 21. The lowest BCUT2D eigenvalue weighted by Gasteiger charge is -2.09. The minimum atomic E-state index is 0.202. The van der Waals surface area contributed by atoms with Crippen LogP contribution in [0.3, 0.4) is 0 Å². The van der Waals surface area contributed by atoms with Crippen molar-refractivity contribution in [1.29, 1.82) is 0 Å². The number of furan rings is 4. The molecule has 26 aromatic rings. The molecular weight excluding hydrogens is 1670 g/mol. The predicted octanol–water partition coefficient (Wildman–Crippen LogP) is 31.6. The Kier molecular flexibility index (Phi) is 21.1. The molecule has 0 amide bonds. The lowest BCUT2D eigenvalue weighted by molar-refractivity contribution is 0.666. The Labute approximate surface area is 753 Å². The van der Waals surface area contributed by atoms with Crippen LogP contribution in [-0.4, -0.2) is 39.0 Å². The molecule has 0 saturated heterocycles. The Balaban J connectivity index is 0.0000000979. The Bertz CT molecular complexity index is 8350. The van der Waals surface area contributed by atoms with Gasteiger partial charge in [-0.15, -0.1) is 0 Å². The van der Waals surface area contributed by atoms with Crippen molar-refractivity contribution in [2.45, 2.75) is 6.42 Å². The first-order valence-corrected chi connectivity index (χ1v) is 43.8. The van der Waals surface area contributed by atoms with Gasteiger partial charge in [0.1, 0.15) is 33.5 Å². The van der Waals surface area contributed by atoms with E-state index in [0.29, 0.717) is 29.1 Å². The van der Waals surface area contributed by atoms with Gasteiger partial charge in [-0.2, -0.15) is 9.97 Å². The number of halogens is 2. The monoisotopic (exact) mass is 1740 g/mol. The van der Waals surface area contributed by atoms with Crippen molar-refractivity contribution in [2.24, 2.45) is 0 Å². The average Bonchev–Trinajstić information content (AvgIpc) is 1.57. The fourth-order valence-corrected chi connectivity index (χ4v) is 18.2. The number of aromatic nitrogens is 8. The summed E-state index contributed by atoms with van der Waals surface area (Å²) in [6.07, 6.45) is 1.10. The molecule has 8 heterocycles. The van der Waals surface area contributed by atoms with Crippen LogP contribution in [0.4, 0.5) is 0 Å². The maximum Gasteiger partial charge on any atom is 0.226 e. The maximum absolute atomic E-state index is 6.86. The van der Waals surface area contributed by atoms with E-state index in [4.69, 9.17) is 44.2 Å². The molecule has 612 valence electrons. The molecule has 0 bridgehead atoms. The molecule has 27 rings (SSSR count). The Morgan fingerprint density at radius 3 is 0.899 bits per heavy atom. The van der Waals surface area contributed by atoms with Gasteiger partial charge in [0.25, 0.3) is 0 Å². The van der Waals surface area contributed by atoms with Crippen LogP contribution in [0, 0.1) is 0 Å². The van der Waals surface area contributed by atoms with Crippen molar-refractivity contribution in [3.8, 4) is 79.4 Å². The third-order valence-corrected chi connectivity index (χ3v) is 24.3. The van der Waals surface area contributed by atoms with Crippen LogP contribution in [0.15, 0.2) is 459 Å². The van der Waals surface area contributed by atoms with Gasteiger partial charge in [0.05, 0.1) is 43.5 Å². The van der Waals surface area contributed by atoms with Crippen LogP contribution >= 0.6 is 27.5 Å². The second-order valence-electron chi connectivity index (χ2n) is 31.3. The first kappa shape index (κ1) is 78.5. The molecule has 0 aliphatic heterocycles. The summed E-state index contributed by atoms with van der Waals surface area (Å²) in [6.45, 7) is 0. The molecule has 0 radical (unpaired) electrons. The number of rotatable bonds is 7. The highest BCUT2D eigenvalue weighted by atomic mass is 79.9. The van der Waals surface area contributed by atoms with E-state index in [1.807, 2.05) is 212 Å². The maximum atomic E-state index is 6.86. The Hall–Kier alpha value is -16.5. The van der Waals surface area contributed by atoms with E-state index < -0.39 is 0 Å². The third-order valence-electron chi connectivity index (χ3n) is 23.5. The van der Waals surface area contributed by atoms with E-state index in [1.54, 1.807) is 0 Å². The van der Waals surface area contributed by atoms with E-state index >= 15 is 0 Å². The van der Waals surface area contributed by atoms with Crippen LogP contribution in [0.1, 0.15) is 11.1 Å². The van der Waals surface area contributed by atoms with Gasteiger partial charge in [-0.3, -0.25) is 0 Å². The number of hydrogen-bond donors (Lipinski definition) is 0. The normalized spacial score (nSPS) is 11.5. The first-order valence-electron chi connectivity index (χ1n) is 42.6. The summed E-state index contributed by atoms with van der Waals surface area (Å²) in [5.74, 6) is 2.97. The van der Waals surface area contributed by atoms with E-state index in [-0.39, 0.29) is 5.28 Å². The van der Waals surface area contributed by atoms with Gasteiger partial charge < -0.3 is 26.8 Å². The second-order valence-corrected chi connectivity index (χ2v) is 32.4. The standard InChI is InChI=1S/C39H24N4O.C24H15NO.C15H10ClN3.C13H10.C12H7BrO.C12H8O/c1-3-13-25(14-4-1)37-40-38(26-15-5-2-6-16-26)42-39(41-37)31-21-11-19-29-30-20-12-24-34(36(30)44-35(29)31)43-32-22-9-7-17-27(32)28-18-8-10-23-33(28)43;1-4-12-20-16(8-1)17-9-2-5-13-21(17)25(20)22-14-7-11-19-18-10-3-6-15-23(18)26-24(19)22;16-15-18-13(11-7-3-1-4-8-11)17-14(19-15)12-9-5-2-6-10-12;1-3-7-12-10(5-1)9-11-6-2-4-8-13(11)12;13-10-6-3-5-9-8-4-1-2-7-11(8)14-12(9)10;1-3-7-11-9(5-1)10-6-2-4-8-12(10)13-11/h1-24H;1-15H;1-10H;1-8H,9H2;1-7H;1-8H. The lowest BCUT2D eigenvalue weighted by atomic mass is 10.1. The molecule has 1 aliphatic carbocycles. The number of hydrogen-bond acceptors (Lipinski definition) is 10. The van der Waals surface area contributed by atoms with Crippen molar-refractivity contribution in [3.05, 3.63) is 458 Å². The fourth-order valence-electron chi connectivity index (χ4n) is 17.6. The summed E-state index contributed by atoms with van der Waals surface area (Å²) < 4.78 is 30.2. The molecule has 0 saturated carbocycles. The molecule has 12 nitrogen and oxygen atoms in total. The molecule has 8 aromatic heterocycles. The molecule has 0 fully saturated rings. The van der Waals surface area contributed by atoms with Gasteiger partial charge >= 0.3 is 0 Å². The van der Waals surface area contributed by atoms with Gasteiger partial charge in [0.15, 0.2) is 40.3 Å². The second kappa shape index (κ2) is 34.6. The molecule has 0 N–H and O–H groups in total. The zero-order valence-corrected chi connectivity index (χ0v) is 71.6. The van der Waals surface area contributed by atoms with E-state index in [9.17, 15) is 0 Å². The van der Waals surface area contributed by atoms with Crippen LogP contribution in [-0.2, 0) is 6.42 Å². The van der Waals surface area contributed by atoms with Crippen LogP contribution < -0.4 is 0 Å². The molecule has 14 heteroatoms. The zero-order valence-electron chi connectivity index (χ0n) is 69.2. The summed E-state index contributed by atoms with van der Waals surface area (Å²) in [4.78, 5) is 27.7. The van der Waals surface area contributed by atoms with Gasteiger partial charge in [-0.1, -0.05) is 364 Å². The number of benzene rings is 18. The Morgan fingerprint density at radius 1 is 0.209 bits per heavy atom. The van der Waals surface area contributed by atoms with E-state index in [2.05, 4.69) is 264 Å². The van der Waals surface area contributed by atoms with E-state index in [0.717, 1.165) is 133 Å². The lowest BCUT2D eigenvalue weighted by Crippen LogP contribution is -2.00. The van der Waals surface area contributed by atoms with Gasteiger partial charge in [-0.05, 0) is 129 Å². The van der Waals surface area contributed by atoms with Crippen molar-refractivity contribution >= 4 is 159 Å². The highest BCUT2D eigenvalue weighted by molar-refractivity contribution is 9.10. The number of para-hydroxylation sites is 12. The van der Waals surface area contributed by atoms with Crippen molar-refractivity contribution in [3.63, 3.8) is 0 Å². The summed E-state index contributed by atoms with van der Waals surface area (Å²) in [5, 5.41) is 14.2. The highest BCUT2D eigenvalue weighted by Crippen LogP contribution is 2.44. The largest absolute Gasteiger partial charge is 0.456 e.